The summed E-state index contributed by atoms with van der Waals surface area (Å²) in [6.07, 6.45) is 0.0442. The molecule has 0 aliphatic heterocycles. The number of amides is 1. The van der Waals surface area contributed by atoms with E-state index in [9.17, 15) is 13.2 Å². The van der Waals surface area contributed by atoms with Gasteiger partial charge < -0.3 is 14.8 Å². The van der Waals surface area contributed by atoms with Crippen molar-refractivity contribution in [2.45, 2.75) is 31.3 Å². The second-order valence-corrected chi connectivity index (χ2v) is 6.50. The SMILES string of the molecule is CCOCCOC(C)C(=O)NCCc1ccc(S(N)(=O)=O)cc1. The number of nitrogens with two attached hydrogens (primary N) is 1. The van der Waals surface area contributed by atoms with Gasteiger partial charge >= 0.3 is 0 Å². The minimum Gasteiger partial charge on any atom is -0.379 e. The minimum absolute atomic E-state index is 0.0709. The summed E-state index contributed by atoms with van der Waals surface area (Å²) in [7, 11) is -3.67. The summed E-state index contributed by atoms with van der Waals surface area (Å²) < 4.78 is 32.8. The largest absolute Gasteiger partial charge is 0.379 e. The summed E-state index contributed by atoms with van der Waals surface area (Å²) in [5.41, 5.74) is 0.905. The highest BCUT2D eigenvalue weighted by Gasteiger charge is 2.12. The molecule has 0 heterocycles. The van der Waals surface area contributed by atoms with E-state index in [-0.39, 0.29) is 10.8 Å². The Bertz CT molecular complexity index is 586. The highest BCUT2D eigenvalue weighted by Crippen LogP contribution is 2.08. The molecule has 1 atom stereocenters. The molecule has 0 saturated heterocycles. The molecule has 1 rings (SSSR count). The number of hydrogen-bond acceptors (Lipinski definition) is 5. The normalized spacial score (nSPS) is 12.8. The van der Waals surface area contributed by atoms with E-state index in [1.165, 1.54) is 12.1 Å². The fourth-order valence-corrected chi connectivity index (χ4v) is 2.34. The number of carbonyl (C=O) groups is 1. The van der Waals surface area contributed by atoms with E-state index in [4.69, 9.17) is 14.6 Å². The van der Waals surface area contributed by atoms with Crippen molar-refractivity contribution in [3.63, 3.8) is 0 Å². The average Bonchev–Trinajstić information content (AvgIpc) is 2.51. The van der Waals surface area contributed by atoms with Crippen LogP contribution in [-0.2, 0) is 30.7 Å². The van der Waals surface area contributed by atoms with E-state index in [1.807, 2.05) is 6.92 Å². The zero-order chi connectivity index (χ0) is 17.3. The summed E-state index contributed by atoms with van der Waals surface area (Å²) in [5, 5.41) is 7.80. The van der Waals surface area contributed by atoms with Crippen LogP contribution >= 0.6 is 0 Å². The first-order chi connectivity index (χ1) is 10.8. The van der Waals surface area contributed by atoms with Crippen molar-refractivity contribution in [2.75, 3.05) is 26.4 Å². The van der Waals surface area contributed by atoms with E-state index < -0.39 is 16.1 Å². The van der Waals surface area contributed by atoms with E-state index in [2.05, 4.69) is 5.32 Å². The lowest BCUT2D eigenvalue weighted by molar-refractivity contribution is -0.132. The van der Waals surface area contributed by atoms with E-state index in [0.717, 1.165) is 5.56 Å². The lowest BCUT2D eigenvalue weighted by atomic mass is 10.1. The smallest absolute Gasteiger partial charge is 0.248 e. The molecule has 0 fully saturated rings. The molecule has 23 heavy (non-hydrogen) atoms. The number of sulfonamides is 1. The van der Waals surface area contributed by atoms with Crippen LogP contribution in [0.5, 0.6) is 0 Å². The fourth-order valence-electron chi connectivity index (χ4n) is 1.82. The standard InChI is InChI=1S/C15H24N2O5S/c1-3-21-10-11-22-12(2)15(18)17-9-8-13-4-6-14(7-5-13)23(16,19)20/h4-7,12H,3,8-11H2,1-2H3,(H,17,18)(H2,16,19,20). The average molecular weight is 344 g/mol. The van der Waals surface area contributed by atoms with Crippen LogP contribution in [0.1, 0.15) is 19.4 Å². The molecule has 1 amide bonds. The molecule has 8 heteroatoms. The molecule has 0 radical (unpaired) electrons. The van der Waals surface area contributed by atoms with E-state index in [0.29, 0.717) is 32.8 Å². The molecule has 1 aromatic rings. The molecule has 3 N–H and O–H groups in total. The molecule has 1 unspecified atom stereocenters. The number of hydrogen-bond donors (Lipinski definition) is 2. The Hall–Kier alpha value is -1.48. The van der Waals surface area contributed by atoms with Crippen LogP contribution in [0.3, 0.4) is 0 Å². The van der Waals surface area contributed by atoms with Crippen molar-refractivity contribution in [3.8, 4) is 0 Å². The summed E-state index contributed by atoms with van der Waals surface area (Å²) in [5.74, 6) is -0.192. The van der Waals surface area contributed by atoms with Gasteiger partial charge in [-0.1, -0.05) is 12.1 Å². The van der Waals surface area contributed by atoms with Gasteiger partial charge in [0.15, 0.2) is 0 Å². The van der Waals surface area contributed by atoms with Crippen molar-refractivity contribution < 1.29 is 22.7 Å². The monoisotopic (exact) mass is 344 g/mol. The maximum absolute atomic E-state index is 11.8. The highest BCUT2D eigenvalue weighted by atomic mass is 32.2. The number of nitrogens with one attached hydrogen (secondary N) is 1. The van der Waals surface area contributed by atoms with Crippen molar-refractivity contribution in [2.24, 2.45) is 5.14 Å². The Morgan fingerprint density at radius 2 is 1.91 bits per heavy atom. The van der Waals surface area contributed by atoms with Gasteiger partial charge in [0, 0.05) is 13.2 Å². The van der Waals surface area contributed by atoms with Crippen LogP contribution in [0.15, 0.2) is 29.2 Å². The van der Waals surface area contributed by atoms with E-state index >= 15 is 0 Å². The first-order valence-corrected chi connectivity index (χ1v) is 8.98. The van der Waals surface area contributed by atoms with Gasteiger partial charge in [-0.05, 0) is 38.0 Å². The van der Waals surface area contributed by atoms with E-state index in [1.54, 1.807) is 19.1 Å². The zero-order valence-electron chi connectivity index (χ0n) is 13.4. The molecule has 0 aliphatic carbocycles. The van der Waals surface area contributed by atoms with Gasteiger partial charge in [-0.15, -0.1) is 0 Å². The van der Waals surface area contributed by atoms with Gasteiger partial charge in [0.2, 0.25) is 15.9 Å². The zero-order valence-corrected chi connectivity index (χ0v) is 14.3. The Balaban J connectivity index is 2.31. The Morgan fingerprint density at radius 3 is 2.48 bits per heavy atom. The minimum atomic E-state index is -3.67. The predicted molar refractivity (Wildman–Crippen MR) is 86.4 cm³/mol. The van der Waals surface area contributed by atoms with Crippen LogP contribution in [0.25, 0.3) is 0 Å². The van der Waals surface area contributed by atoms with Crippen molar-refractivity contribution >= 4 is 15.9 Å². The maximum Gasteiger partial charge on any atom is 0.248 e. The molecule has 7 nitrogen and oxygen atoms in total. The molecule has 0 aliphatic rings. The lowest BCUT2D eigenvalue weighted by Crippen LogP contribution is -2.36. The summed E-state index contributed by atoms with van der Waals surface area (Å²) in [6, 6.07) is 6.25. The molecule has 130 valence electrons. The molecule has 1 aromatic carbocycles. The molecule has 0 saturated carbocycles. The number of rotatable bonds is 10. The van der Waals surface area contributed by atoms with Crippen LogP contribution in [0.2, 0.25) is 0 Å². The Morgan fingerprint density at radius 1 is 1.26 bits per heavy atom. The first kappa shape index (κ1) is 19.6. The van der Waals surface area contributed by atoms with Crippen molar-refractivity contribution in [3.05, 3.63) is 29.8 Å². The summed E-state index contributed by atoms with van der Waals surface area (Å²) >= 11 is 0. The number of primary sulfonamides is 1. The van der Waals surface area contributed by atoms with Gasteiger partial charge in [0.1, 0.15) is 6.10 Å². The summed E-state index contributed by atoms with van der Waals surface area (Å²) in [4.78, 5) is 11.9. The maximum atomic E-state index is 11.8. The molecule has 0 bridgehead atoms. The summed E-state index contributed by atoms with van der Waals surface area (Å²) in [6.45, 7) is 5.47. The second kappa shape index (κ2) is 9.61. The van der Waals surface area contributed by atoms with Gasteiger partial charge in [-0.25, -0.2) is 13.6 Å². The molecular formula is C15H24N2O5S. The quantitative estimate of drug-likeness (QED) is 0.599. The number of carbonyl (C=O) groups excluding carboxylic acids is 1. The van der Waals surface area contributed by atoms with Crippen LogP contribution in [0.4, 0.5) is 0 Å². The molecule has 0 aromatic heterocycles. The first-order valence-electron chi connectivity index (χ1n) is 7.43. The van der Waals surface area contributed by atoms with Gasteiger partial charge in [0.05, 0.1) is 18.1 Å². The Kier molecular flexibility index (Phi) is 8.18. The van der Waals surface area contributed by atoms with Crippen molar-refractivity contribution in [1.82, 2.24) is 5.32 Å². The van der Waals surface area contributed by atoms with Gasteiger partial charge in [-0.2, -0.15) is 0 Å². The van der Waals surface area contributed by atoms with Gasteiger partial charge in [-0.3, -0.25) is 4.79 Å². The van der Waals surface area contributed by atoms with Crippen LogP contribution < -0.4 is 10.5 Å². The molecular weight excluding hydrogens is 320 g/mol. The van der Waals surface area contributed by atoms with Gasteiger partial charge in [0.25, 0.3) is 0 Å². The third kappa shape index (κ3) is 7.56. The van der Waals surface area contributed by atoms with Crippen molar-refractivity contribution in [1.29, 1.82) is 0 Å². The van der Waals surface area contributed by atoms with Crippen LogP contribution in [0, 0.1) is 0 Å². The number of ether oxygens (including phenoxy) is 2. The topological polar surface area (TPSA) is 108 Å². The highest BCUT2D eigenvalue weighted by molar-refractivity contribution is 7.89. The second-order valence-electron chi connectivity index (χ2n) is 4.94. The molecule has 0 spiro atoms. The lowest BCUT2D eigenvalue weighted by Gasteiger charge is -2.13. The fraction of sp³-hybridized carbons (Fsp3) is 0.533. The predicted octanol–water partition coefficient (Wildman–Crippen LogP) is 0.434. The Labute approximate surface area is 137 Å². The third-order valence-corrected chi connectivity index (χ3v) is 4.06. The number of benzene rings is 1. The third-order valence-electron chi connectivity index (χ3n) is 3.13. The van der Waals surface area contributed by atoms with Crippen LogP contribution in [-0.4, -0.2) is 46.8 Å².